The molecule has 1 atom stereocenters. The highest BCUT2D eigenvalue weighted by Crippen LogP contribution is 2.15. The second kappa shape index (κ2) is 65.6. The highest BCUT2D eigenvalue weighted by atomic mass is 16.6. The van der Waals surface area contributed by atoms with E-state index in [9.17, 15) is 14.4 Å². The first-order valence-corrected chi connectivity index (χ1v) is 32.9. The average molecular weight is 1080 g/mol. The van der Waals surface area contributed by atoms with Crippen LogP contribution in [0, 0.1) is 0 Å². The van der Waals surface area contributed by atoms with E-state index >= 15 is 0 Å². The van der Waals surface area contributed by atoms with Gasteiger partial charge >= 0.3 is 17.9 Å². The summed E-state index contributed by atoms with van der Waals surface area (Å²) < 4.78 is 16.9. The molecule has 0 aromatic rings. The second-order valence-electron chi connectivity index (χ2n) is 21.6. The van der Waals surface area contributed by atoms with Crippen molar-refractivity contribution in [3.05, 3.63) is 109 Å². The van der Waals surface area contributed by atoms with Crippen molar-refractivity contribution in [2.75, 3.05) is 13.2 Å². The third kappa shape index (κ3) is 62.9. The van der Waals surface area contributed by atoms with E-state index in [4.69, 9.17) is 14.2 Å². The second-order valence-corrected chi connectivity index (χ2v) is 21.6. The number of carbonyl (C=O) groups is 3. The van der Waals surface area contributed by atoms with Crippen molar-refractivity contribution in [1.82, 2.24) is 0 Å². The van der Waals surface area contributed by atoms with Crippen LogP contribution >= 0.6 is 0 Å². The van der Waals surface area contributed by atoms with Gasteiger partial charge in [-0.3, -0.25) is 14.4 Å². The van der Waals surface area contributed by atoms with Crippen molar-refractivity contribution in [2.45, 2.75) is 316 Å². The van der Waals surface area contributed by atoms with Crippen LogP contribution in [0.2, 0.25) is 0 Å². The smallest absolute Gasteiger partial charge is 0.306 e. The maximum absolute atomic E-state index is 12.9. The maximum atomic E-state index is 12.9. The Morgan fingerprint density at radius 2 is 0.500 bits per heavy atom. The average Bonchev–Trinajstić information content (AvgIpc) is 3.44. The summed E-state index contributed by atoms with van der Waals surface area (Å²) >= 11 is 0. The Morgan fingerprint density at radius 3 is 0.808 bits per heavy atom. The van der Waals surface area contributed by atoms with Crippen LogP contribution in [-0.2, 0) is 28.6 Å². The summed E-state index contributed by atoms with van der Waals surface area (Å²) in [6.07, 6.45) is 89.5. The Labute approximate surface area is 482 Å². The molecule has 0 radical (unpaired) electrons. The zero-order valence-corrected chi connectivity index (χ0v) is 51.2. The summed E-state index contributed by atoms with van der Waals surface area (Å²) in [5.41, 5.74) is 0. The molecule has 0 spiro atoms. The molecular formula is C72H122O6. The van der Waals surface area contributed by atoms with Crippen molar-refractivity contribution < 1.29 is 28.6 Å². The summed E-state index contributed by atoms with van der Waals surface area (Å²) in [6.45, 7) is 6.50. The molecule has 0 aliphatic heterocycles. The number of hydrogen-bond acceptors (Lipinski definition) is 6. The molecule has 0 aromatic carbocycles. The lowest BCUT2D eigenvalue weighted by atomic mass is 10.1. The van der Waals surface area contributed by atoms with E-state index < -0.39 is 6.10 Å². The molecule has 0 amide bonds. The maximum Gasteiger partial charge on any atom is 0.306 e. The molecule has 0 saturated heterocycles. The van der Waals surface area contributed by atoms with E-state index in [-0.39, 0.29) is 31.1 Å². The van der Waals surface area contributed by atoms with Crippen LogP contribution in [0.4, 0.5) is 0 Å². The normalized spacial score (nSPS) is 12.8. The molecule has 6 heteroatoms. The number of esters is 3. The minimum atomic E-state index is -0.800. The molecule has 446 valence electrons. The van der Waals surface area contributed by atoms with Gasteiger partial charge in [-0.2, -0.15) is 0 Å². The lowest BCUT2D eigenvalue weighted by molar-refractivity contribution is -0.167. The quantitative estimate of drug-likeness (QED) is 0.0261. The Kier molecular flexibility index (Phi) is 62.3. The lowest BCUT2D eigenvalue weighted by Crippen LogP contribution is -2.30. The zero-order valence-electron chi connectivity index (χ0n) is 51.2. The van der Waals surface area contributed by atoms with Crippen LogP contribution in [0.25, 0.3) is 0 Å². The summed E-state index contributed by atoms with van der Waals surface area (Å²) in [5, 5.41) is 0. The van der Waals surface area contributed by atoms with Gasteiger partial charge in [0.25, 0.3) is 0 Å². The largest absolute Gasteiger partial charge is 0.462 e. The predicted octanol–water partition coefficient (Wildman–Crippen LogP) is 22.6. The molecule has 78 heavy (non-hydrogen) atoms. The van der Waals surface area contributed by atoms with Gasteiger partial charge in [-0.05, 0) is 128 Å². The number of ether oxygens (including phenoxy) is 3. The SMILES string of the molecule is CC/C=C\C/C=C\C/C=C\C/C=C\C/C=C\C/C=C\C/C=C\CCCCCC(=O)OCC(COC(=O)CCCCCCC/C=C\CCCCCCC)OC(=O)CCCCCCCCCCC/C=C\CCCCCCCCCC. The van der Waals surface area contributed by atoms with E-state index in [0.717, 1.165) is 116 Å². The fourth-order valence-electron chi connectivity index (χ4n) is 9.06. The lowest BCUT2D eigenvalue weighted by Gasteiger charge is -2.18. The van der Waals surface area contributed by atoms with Crippen LogP contribution in [0.3, 0.4) is 0 Å². The third-order valence-corrected chi connectivity index (χ3v) is 14.0. The molecular weight excluding hydrogens is 961 g/mol. The van der Waals surface area contributed by atoms with Crippen molar-refractivity contribution in [3.63, 3.8) is 0 Å². The first-order valence-electron chi connectivity index (χ1n) is 32.9. The monoisotopic (exact) mass is 1080 g/mol. The Morgan fingerprint density at radius 1 is 0.269 bits per heavy atom. The van der Waals surface area contributed by atoms with Crippen molar-refractivity contribution in [2.24, 2.45) is 0 Å². The molecule has 0 aliphatic carbocycles. The number of carbonyl (C=O) groups excluding carboxylic acids is 3. The van der Waals surface area contributed by atoms with Gasteiger partial charge in [-0.15, -0.1) is 0 Å². The first-order chi connectivity index (χ1) is 38.5. The standard InChI is InChI=1S/C72H122O6/c1-4-7-10-13-16-19-22-25-28-30-32-34-35-36-37-39-40-42-44-47-50-53-56-59-62-65-71(74)77-68-69(67-76-70(73)64-61-58-55-52-49-46-27-24-21-18-15-12-9-6-3)78-72(75)66-63-60-57-54-51-48-45-43-41-38-33-31-29-26-23-20-17-14-11-8-5-2/h7,10,16,19,24-25,27-28,31-34,36-37,40,42,47,50,69H,4-6,8-9,11-15,17-18,20-23,26,29-30,35,38-39,41,43-46,48-49,51-68H2,1-3H3/b10-7-,19-16-,27-24-,28-25-,33-31-,34-32-,37-36-,42-40-,50-47-. The van der Waals surface area contributed by atoms with Gasteiger partial charge < -0.3 is 14.2 Å². The molecule has 0 bridgehead atoms. The van der Waals surface area contributed by atoms with Gasteiger partial charge in [0.2, 0.25) is 0 Å². The molecule has 0 rings (SSSR count). The molecule has 0 heterocycles. The van der Waals surface area contributed by atoms with Crippen molar-refractivity contribution in [1.29, 1.82) is 0 Å². The number of unbranched alkanes of at least 4 members (excludes halogenated alkanes) is 30. The van der Waals surface area contributed by atoms with Gasteiger partial charge in [-0.1, -0.05) is 271 Å². The fourth-order valence-corrected chi connectivity index (χ4v) is 9.06. The molecule has 1 unspecified atom stereocenters. The third-order valence-electron chi connectivity index (χ3n) is 14.0. The van der Waals surface area contributed by atoms with Gasteiger partial charge in [0.1, 0.15) is 13.2 Å². The molecule has 6 nitrogen and oxygen atoms in total. The van der Waals surface area contributed by atoms with Gasteiger partial charge in [0.05, 0.1) is 0 Å². The highest BCUT2D eigenvalue weighted by Gasteiger charge is 2.19. The van der Waals surface area contributed by atoms with E-state index in [1.54, 1.807) is 0 Å². The van der Waals surface area contributed by atoms with Crippen LogP contribution in [-0.4, -0.2) is 37.2 Å². The first kappa shape index (κ1) is 74.1. The molecule has 0 N–H and O–H groups in total. The van der Waals surface area contributed by atoms with Crippen LogP contribution in [0.5, 0.6) is 0 Å². The summed E-state index contributed by atoms with van der Waals surface area (Å²) in [7, 11) is 0. The van der Waals surface area contributed by atoms with Crippen molar-refractivity contribution in [3.8, 4) is 0 Å². The Hall–Kier alpha value is -3.93. The molecule has 0 aliphatic rings. The van der Waals surface area contributed by atoms with E-state index in [0.29, 0.717) is 19.3 Å². The minimum Gasteiger partial charge on any atom is -0.462 e. The predicted molar refractivity (Wildman–Crippen MR) is 339 cm³/mol. The van der Waals surface area contributed by atoms with E-state index in [1.807, 2.05) is 0 Å². The zero-order chi connectivity index (χ0) is 56.4. The van der Waals surface area contributed by atoms with E-state index in [1.165, 1.54) is 154 Å². The van der Waals surface area contributed by atoms with Crippen molar-refractivity contribution >= 4 is 17.9 Å². The van der Waals surface area contributed by atoms with Gasteiger partial charge in [0, 0.05) is 19.3 Å². The van der Waals surface area contributed by atoms with Gasteiger partial charge in [-0.25, -0.2) is 0 Å². The minimum absolute atomic E-state index is 0.0940. The number of rotatable bonds is 59. The molecule has 0 fully saturated rings. The number of hydrogen-bond donors (Lipinski definition) is 0. The molecule has 0 saturated carbocycles. The fraction of sp³-hybridized carbons (Fsp3) is 0.708. The summed E-state index contributed by atoms with van der Waals surface area (Å²) in [4.78, 5) is 38.3. The van der Waals surface area contributed by atoms with E-state index in [2.05, 4.69) is 130 Å². The Balaban J connectivity index is 4.43. The Bertz CT molecular complexity index is 1570. The van der Waals surface area contributed by atoms with Crippen LogP contribution in [0.1, 0.15) is 310 Å². The molecule has 0 aromatic heterocycles. The topological polar surface area (TPSA) is 78.9 Å². The van der Waals surface area contributed by atoms with Gasteiger partial charge in [0.15, 0.2) is 6.10 Å². The summed E-state index contributed by atoms with van der Waals surface area (Å²) in [6, 6.07) is 0. The highest BCUT2D eigenvalue weighted by molar-refractivity contribution is 5.71. The van der Waals surface area contributed by atoms with Crippen LogP contribution < -0.4 is 0 Å². The number of allylic oxidation sites excluding steroid dienone is 18. The van der Waals surface area contributed by atoms with Crippen LogP contribution in [0.15, 0.2) is 109 Å². The summed E-state index contributed by atoms with van der Waals surface area (Å²) in [5.74, 6) is -0.930.